The molecular formula is C31H35F3N5O6+. The molecule has 1 aromatic heterocycles. The summed E-state index contributed by atoms with van der Waals surface area (Å²) >= 11 is 0. The first-order valence-corrected chi connectivity index (χ1v) is 13.7. The standard InChI is InChI=1S/C31H34F3N5O6/c1-19(45-29(41)44-18-30(2,3)28(40)43-17-20-9-7-6-8-10-20)38-39-27(36-4)26(35)22-13-21(14-24(15-22)42-5)25-16-23(11-12-37-25)31(32,33)34/h6-16,19,35,38H,17-18H2,1-5H3,(H,36,39)/p+1. The Morgan fingerprint density at radius 3 is 2.42 bits per heavy atom. The van der Waals surface area contributed by atoms with Crippen molar-refractivity contribution in [2.24, 2.45) is 10.4 Å². The van der Waals surface area contributed by atoms with Crippen LogP contribution in [0, 0.1) is 10.8 Å². The van der Waals surface area contributed by atoms with Gasteiger partial charge in [-0.2, -0.15) is 13.2 Å². The maximum atomic E-state index is 13.3. The lowest BCUT2D eigenvalue weighted by atomic mass is 9.95. The molecule has 0 saturated carbocycles. The zero-order chi connectivity index (χ0) is 33.2. The number of esters is 1. The second-order valence-corrected chi connectivity index (χ2v) is 10.4. The van der Waals surface area contributed by atoms with Gasteiger partial charge < -0.3 is 18.9 Å². The van der Waals surface area contributed by atoms with Crippen LogP contribution >= 0.6 is 0 Å². The van der Waals surface area contributed by atoms with Crippen molar-refractivity contribution in [3.8, 4) is 17.0 Å². The molecule has 0 fully saturated rings. The molecule has 0 spiro atoms. The minimum atomic E-state index is -4.55. The van der Waals surface area contributed by atoms with Crippen LogP contribution in [0.1, 0.15) is 37.5 Å². The minimum Gasteiger partial charge on any atom is -0.497 e. The first-order valence-electron chi connectivity index (χ1n) is 13.7. The highest BCUT2D eigenvalue weighted by atomic mass is 19.4. The summed E-state index contributed by atoms with van der Waals surface area (Å²) in [5.74, 6) is -0.193. The number of nitrogens with two attached hydrogens (primary N) is 1. The number of pyridine rings is 1. The highest BCUT2D eigenvalue weighted by Gasteiger charge is 2.33. The van der Waals surface area contributed by atoms with Gasteiger partial charge in [0, 0.05) is 31.3 Å². The third-order valence-electron chi connectivity index (χ3n) is 6.33. The Labute approximate surface area is 258 Å². The molecule has 1 unspecified atom stereocenters. The molecule has 0 radical (unpaired) electrons. The van der Waals surface area contributed by atoms with Gasteiger partial charge >= 0.3 is 18.3 Å². The normalized spacial score (nSPS) is 12.6. The zero-order valence-electron chi connectivity index (χ0n) is 25.4. The van der Waals surface area contributed by atoms with Crippen molar-refractivity contribution in [2.75, 3.05) is 20.8 Å². The van der Waals surface area contributed by atoms with Crippen LogP contribution in [0.2, 0.25) is 0 Å². The van der Waals surface area contributed by atoms with Gasteiger partial charge in [-0.25, -0.2) is 15.6 Å². The minimum absolute atomic E-state index is 0.0421. The number of quaternary nitrogens is 1. The van der Waals surface area contributed by atoms with Gasteiger partial charge in [0.2, 0.25) is 0 Å². The number of carbonyl (C=O) groups is 2. The van der Waals surface area contributed by atoms with Crippen molar-refractivity contribution in [1.29, 1.82) is 5.41 Å². The van der Waals surface area contributed by atoms with E-state index in [9.17, 15) is 22.8 Å². The Balaban J connectivity index is 1.57. The number of hydrogen-bond donors (Lipinski definition) is 3. The fourth-order valence-electron chi connectivity index (χ4n) is 3.79. The average Bonchev–Trinajstić information content (AvgIpc) is 3.02. The van der Waals surface area contributed by atoms with E-state index in [4.69, 9.17) is 24.4 Å². The smallest absolute Gasteiger partial charge is 0.497 e. The number of amidine groups is 1. The Kier molecular flexibility index (Phi) is 11.6. The molecule has 3 rings (SSSR count). The van der Waals surface area contributed by atoms with Crippen LogP contribution in [0.5, 0.6) is 5.75 Å². The maximum Gasteiger partial charge on any atom is 0.512 e. The van der Waals surface area contributed by atoms with Crippen LogP contribution in [-0.2, 0) is 31.8 Å². The van der Waals surface area contributed by atoms with Crippen molar-refractivity contribution in [2.45, 2.75) is 39.8 Å². The topological polar surface area (TPSA) is 149 Å². The fraction of sp³-hybridized carbons (Fsp3) is 0.323. The van der Waals surface area contributed by atoms with Gasteiger partial charge in [-0.05, 0) is 49.7 Å². The molecule has 45 heavy (non-hydrogen) atoms. The quantitative estimate of drug-likeness (QED) is 0.0661. The van der Waals surface area contributed by atoms with E-state index in [1.165, 1.54) is 44.7 Å². The number of aromatic nitrogens is 1. The van der Waals surface area contributed by atoms with Gasteiger partial charge in [-0.15, -0.1) is 0 Å². The number of methoxy groups -OCH3 is 1. The van der Waals surface area contributed by atoms with E-state index in [1.54, 1.807) is 13.8 Å². The Morgan fingerprint density at radius 1 is 1.07 bits per heavy atom. The first-order chi connectivity index (χ1) is 21.2. The molecule has 0 saturated heterocycles. The van der Waals surface area contributed by atoms with Gasteiger partial charge in [-0.1, -0.05) is 30.3 Å². The molecule has 14 heteroatoms. The number of halogens is 3. The largest absolute Gasteiger partial charge is 0.512 e. The first kappa shape index (κ1) is 34.5. The number of aliphatic imine (C=N–C) groups is 1. The molecular weight excluding hydrogens is 595 g/mol. The van der Waals surface area contributed by atoms with Crippen LogP contribution in [0.4, 0.5) is 18.0 Å². The number of ether oxygens (including phenoxy) is 4. The molecule has 11 nitrogen and oxygen atoms in total. The van der Waals surface area contributed by atoms with E-state index in [0.717, 1.165) is 23.9 Å². The van der Waals surface area contributed by atoms with Gasteiger partial charge in [0.25, 0.3) is 6.23 Å². The average molecular weight is 631 g/mol. The monoisotopic (exact) mass is 630 g/mol. The lowest BCUT2D eigenvalue weighted by Gasteiger charge is -2.22. The molecule has 2 aromatic carbocycles. The van der Waals surface area contributed by atoms with Gasteiger partial charge in [0.05, 0.1) is 23.8 Å². The summed E-state index contributed by atoms with van der Waals surface area (Å²) in [5, 5.41) is 8.66. The van der Waals surface area contributed by atoms with Gasteiger partial charge in [0.15, 0.2) is 5.84 Å². The second-order valence-electron chi connectivity index (χ2n) is 10.4. The molecule has 0 aliphatic carbocycles. The molecule has 0 aliphatic heterocycles. The number of rotatable bonds is 12. The van der Waals surface area contributed by atoms with Crippen LogP contribution in [0.3, 0.4) is 0 Å². The molecule has 0 amide bonds. The van der Waals surface area contributed by atoms with Gasteiger partial charge in [0.1, 0.15) is 24.7 Å². The van der Waals surface area contributed by atoms with E-state index >= 15 is 0 Å². The van der Waals surface area contributed by atoms with Crippen molar-refractivity contribution in [3.05, 3.63) is 83.6 Å². The van der Waals surface area contributed by atoms with Crippen molar-refractivity contribution in [1.82, 2.24) is 10.4 Å². The number of nitrogens with zero attached hydrogens (tertiary/aromatic N) is 2. The van der Waals surface area contributed by atoms with Crippen molar-refractivity contribution in [3.63, 3.8) is 0 Å². The predicted octanol–water partition coefficient (Wildman–Crippen LogP) is 4.51. The van der Waals surface area contributed by atoms with Crippen LogP contribution in [0.15, 0.2) is 71.9 Å². The second kappa shape index (κ2) is 15.1. The molecule has 4 N–H and O–H groups in total. The molecule has 3 aromatic rings. The van der Waals surface area contributed by atoms with E-state index in [1.807, 2.05) is 30.3 Å². The summed E-state index contributed by atoms with van der Waals surface area (Å²) in [6, 6.07) is 15.5. The van der Waals surface area contributed by atoms with Crippen molar-refractivity contribution < 1.29 is 47.1 Å². The fourth-order valence-corrected chi connectivity index (χ4v) is 3.79. The lowest BCUT2D eigenvalue weighted by Crippen LogP contribution is -2.99. The molecule has 0 aliphatic rings. The predicted molar refractivity (Wildman–Crippen MR) is 158 cm³/mol. The summed E-state index contributed by atoms with van der Waals surface area (Å²) in [6.07, 6.45) is -5.38. The van der Waals surface area contributed by atoms with Crippen molar-refractivity contribution >= 4 is 23.7 Å². The van der Waals surface area contributed by atoms with E-state index in [-0.39, 0.29) is 41.8 Å². The van der Waals surface area contributed by atoms with Crippen LogP contribution < -0.4 is 15.6 Å². The third-order valence-corrected chi connectivity index (χ3v) is 6.33. The SMILES string of the molecule is CN=C(N[NH2+]C(C)OC(=O)OCC(C)(C)C(=O)OCc1ccccc1)C(=N)c1cc(OC)cc(-c2cc(C(F)(F)F)ccn2)c1. The van der Waals surface area contributed by atoms with E-state index in [2.05, 4.69) is 15.4 Å². The van der Waals surface area contributed by atoms with Crippen LogP contribution in [-0.4, -0.2) is 55.6 Å². The number of hydrogen-bond acceptors (Lipinski definition) is 9. The zero-order valence-corrected chi connectivity index (χ0v) is 25.4. The highest BCUT2D eigenvalue weighted by molar-refractivity contribution is 6.46. The maximum absolute atomic E-state index is 13.3. The summed E-state index contributed by atoms with van der Waals surface area (Å²) in [4.78, 5) is 32.9. The number of nitrogens with one attached hydrogen (secondary N) is 2. The number of carbonyl (C=O) groups excluding carboxylic acids is 2. The summed E-state index contributed by atoms with van der Waals surface area (Å²) < 4.78 is 60.7. The molecule has 240 valence electrons. The van der Waals surface area contributed by atoms with E-state index < -0.39 is 35.5 Å². The summed E-state index contributed by atoms with van der Waals surface area (Å²) in [7, 11) is 2.82. The molecule has 1 heterocycles. The Morgan fingerprint density at radius 2 is 1.78 bits per heavy atom. The summed E-state index contributed by atoms with van der Waals surface area (Å²) in [5.41, 5.74) is 3.49. The third kappa shape index (κ3) is 10.0. The van der Waals surface area contributed by atoms with Gasteiger partial charge in [-0.3, -0.25) is 20.2 Å². The van der Waals surface area contributed by atoms with E-state index in [0.29, 0.717) is 5.56 Å². The van der Waals surface area contributed by atoms with Crippen LogP contribution in [0.25, 0.3) is 11.3 Å². The molecule has 1 atom stereocenters. The molecule has 0 bridgehead atoms. The summed E-state index contributed by atoms with van der Waals surface area (Å²) in [6.45, 7) is 4.49. The Bertz CT molecular complexity index is 1530. The lowest BCUT2D eigenvalue weighted by molar-refractivity contribution is -0.754. The highest BCUT2D eigenvalue weighted by Crippen LogP contribution is 2.32. The Hall–Kier alpha value is -4.98. The number of alkyl halides is 3. The number of benzene rings is 2.